The average molecular weight is 515 g/mol. The summed E-state index contributed by atoms with van der Waals surface area (Å²) in [5.74, 6) is 3.52. The van der Waals surface area contributed by atoms with E-state index in [1.807, 2.05) is 37.4 Å². The highest BCUT2D eigenvalue weighted by atomic mass is 32.2. The smallest absolute Gasteiger partial charge is 0.309 e. The van der Waals surface area contributed by atoms with Crippen LogP contribution < -0.4 is 0 Å². The summed E-state index contributed by atoms with van der Waals surface area (Å²) in [5.41, 5.74) is 5.41. The van der Waals surface area contributed by atoms with Crippen LogP contribution in [0.2, 0.25) is 16.6 Å². The highest BCUT2D eigenvalue weighted by Crippen LogP contribution is 2.48. The summed E-state index contributed by atoms with van der Waals surface area (Å²) in [6, 6.07) is 0. The number of hydrogen-bond acceptors (Lipinski definition) is 5. The third-order valence-corrected chi connectivity index (χ3v) is 17.4. The van der Waals surface area contributed by atoms with Crippen molar-refractivity contribution in [2.75, 3.05) is 11.5 Å². The van der Waals surface area contributed by atoms with Gasteiger partial charge in [0.15, 0.2) is 5.79 Å². The zero-order chi connectivity index (χ0) is 25.2. The Balaban J connectivity index is 2.33. The number of carboxylic acids is 1. The van der Waals surface area contributed by atoms with Crippen LogP contribution in [0, 0.1) is 23.3 Å². The van der Waals surface area contributed by atoms with Gasteiger partial charge in [-0.2, -0.15) is 0 Å². The SMILES string of the molecule is CC(C)[Si](C#C[C@@H]1OC(C)(C)O[C@@H]([C@@H](CCC2(C)SCCS2)C(=O)O)[C@H]1C)(C(C)C)C(C)C. The van der Waals surface area contributed by atoms with Crippen molar-refractivity contribution in [2.45, 2.75) is 121 Å². The van der Waals surface area contributed by atoms with Crippen LogP contribution in [-0.2, 0) is 14.3 Å². The Morgan fingerprint density at radius 2 is 1.55 bits per heavy atom. The van der Waals surface area contributed by atoms with Gasteiger partial charge in [-0.3, -0.25) is 4.79 Å². The molecule has 0 bridgehead atoms. The molecule has 0 aromatic carbocycles. The lowest BCUT2D eigenvalue weighted by atomic mass is 9.84. The maximum absolute atomic E-state index is 12.4. The van der Waals surface area contributed by atoms with Gasteiger partial charge in [-0.05, 0) is 50.2 Å². The molecule has 0 saturated carbocycles. The van der Waals surface area contributed by atoms with E-state index in [-0.39, 0.29) is 16.1 Å². The molecule has 0 amide bonds. The molecule has 0 aromatic rings. The molecule has 2 heterocycles. The fraction of sp³-hybridized carbons (Fsp3) is 0.885. The zero-order valence-electron chi connectivity index (χ0n) is 22.4. The van der Waals surface area contributed by atoms with E-state index >= 15 is 0 Å². The number of carboxylic acid groups (broad SMARTS) is 1. The van der Waals surface area contributed by atoms with Gasteiger partial charge in [0.1, 0.15) is 14.2 Å². The van der Waals surface area contributed by atoms with Crippen LogP contribution in [0.3, 0.4) is 0 Å². The summed E-state index contributed by atoms with van der Waals surface area (Å²) >= 11 is 3.90. The molecule has 1 N–H and O–H groups in total. The van der Waals surface area contributed by atoms with Gasteiger partial charge in [0.25, 0.3) is 0 Å². The van der Waals surface area contributed by atoms with Crippen LogP contribution in [0.1, 0.15) is 82.1 Å². The van der Waals surface area contributed by atoms with Gasteiger partial charge in [0, 0.05) is 17.4 Å². The van der Waals surface area contributed by atoms with Crippen LogP contribution >= 0.6 is 23.5 Å². The Bertz CT molecular complexity index is 713. The van der Waals surface area contributed by atoms with Crippen LogP contribution in [-0.4, -0.2) is 52.7 Å². The monoisotopic (exact) mass is 514 g/mol. The van der Waals surface area contributed by atoms with Gasteiger partial charge in [0.2, 0.25) is 0 Å². The third-order valence-electron chi connectivity index (χ3n) is 7.64. The molecule has 0 aliphatic carbocycles. The second kappa shape index (κ2) is 11.3. The summed E-state index contributed by atoms with van der Waals surface area (Å²) in [6.07, 6.45) is 0.737. The van der Waals surface area contributed by atoms with Crippen LogP contribution in [0.5, 0.6) is 0 Å². The molecule has 2 fully saturated rings. The van der Waals surface area contributed by atoms with Gasteiger partial charge in [-0.1, -0.05) is 54.4 Å². The van der Waals surface area contributed by atoms with E-state index in [0.717, 1.165) is 17.9 Å². The highest BCUT2D eigenvalue weighted by Gasteiger charge is 2.47. The normalized spacial score (nSPS) is 28.1. The van der Waals surface area contributed by atoms with Crippen molar-refractivity contribution in [2.24, 2.45) is 11.8 Å². The molecule has 2 rings (SSSR count). The van der Waals surface area contributed by atoms with Crippen LogP contribution in [0.25, 0.3) is 0 Å². The van der Waals surface area contributed by atoms with E-state index in [4.69, 9.17) is 9.47 Å². The second-order valence-electron chi connectivity index (χ2n) is 11.4. The summed E-state index contributed by atoms with van der Waals surface area (Å²) in [7, 11) is -1.91. The fourth-order valence-corrected chi connectivity index (χ4v) is 14.0. The summed E-state index contributed by atoms with van der Waals surface area (Å²) in [6.45, 7) is 21.9. The molecule has 2 aliphatic heterocycles. The lowest BCUT2D eigenvalue weighted by molar-refractivity contribution is -0.315. The van der Waals surface area contributed by atoms with E-state index in [0.29, 0.717) is 23.0 Å². The molecule has 2 aliphatic rings. The minimum absolute atomic E-state index is 0.105. The zero-order valence-corrected chi connectivity index (χ0v) is 25.0. The molecule has 33 heavy (non-hydrogen) atoms. The molecule has 2 saturated heterocycles. The minimum atomic E-state index is -1.91. The Kier molecular flexibility index (Phi) is 9.95. The molecule has 4 atom stereocenters. The van der Waals surface area contributed by atoms with Gasteiger partial charge in [-0.25, -0.2) is 0 Å². The fourth-order valence-electron chi connectivity index (χ4n) is 5.83. The summed E-state index contributed by atoms with van der Waals surface area (Å²) < 4.78 is 12.7. The number of thioether (sulfide) groups is 2. The topological polar surface area (TPSA) is 55.8 Å². The largest absolute Gasteiger partial charge is 0.481 e. The summed E-state index contributed by atoms with van der Waals surface area (Å²) in [4.78, 5) is 12.4. The molecule has 7 heteroatoms. The maximum atomic E-state index is 12.4. The van der Waals surface area contributed by atoms with Gasteiger partial charge in [0.05, 0.1) is 16.1 Å². The molecule has 0 unspecified atom stereocenters. The number of rotatable bonds is 8. The van der Waals surface area contributed by atoms with E-state index in [2.05, 4.69) is 66.9 Å². The van der Waals surface area contributed by atoms with E-state index in [9.17, 15) is 9.90 Å². The minimum Gasteiger partial charge on any atom is -0.481 e. The summed E-state index contributed by atoms with van der Waals surface area (Å²) in [5, 5.41) is 10.2. The standard InChI is InChI=1S/C26H46O4S2Si/c1-17(2)33(18(3)4,19(5)6)16-12-22-20(7)23(30-25(8,9)29-22)21(24(27)28)11-13-26(10)31-14-15-32-26/h17-23H,11,13-15H2,1-10H3,(H,27,28)/t20-,21+,22-,23+/m0/s1. The first-order valence-corrected chi connectivity index (χ1v) is 16.7. The Hall–Kier alpha value is -0.133. The van der Waals surface area contributed by atoms with Crippen molar-refractivity contribution in [3.8, 4) is 11.5 Å². The average Bonchev–Trinajstić information content (AvgIpc) is 3.10. The van der Waals surface area contributed by atoms with Crippen molar-refractivity contribution >= 4 is 37.6 Å². The molecular weight excluding hydrogens is 469 g/mol. The van der Waals surface area contributed by atoms with Gasteiger partial charge in [-0.15, -0.1) is 29.1 Å². The van der Waals surface area contributed by atoms with E-state index in [1.54, 1.807) is 0 Å². The van der Waals surface area contributed by atoms with E-state index < -0.39 is 31.9 Å². The van der Waals surface area contributed by atoms with Crippen molar-refractivity contribution < 1.29 is 19.4 Å². The number of carbonyl (C=O) groups is 1. The van der Waals surface area contributed by atoms with Crippen molar-refractivity contribution in [3.63, 3.8) is 0 Å². The molecule has 190 valence electrons. The predicted molar refractivity (Wildman–Crippen MR) is 145 cm³/mol. The van der Waals surface area contributed by atoms with Crippen molar-refractivity contribution in [1.82, 2.24) is 0 Å². The first-order chi connectivity index (χ1) is 15.1. The third kappa shape index (κ3) is 6.76. The Labute approximate surface area is 212 Å². The van der Waals surface area contributed by atoms with Crippen LogP contribution in [0.15, 0.2) is 0 Å². The van der Waals surface area contributed by atoms with E-state index in [1.165, 1.54) is 0 Å². The van der Waals surface area contributed by atoms with Gasteiger partial charge >= 0.3 is 5.97 Å². The number of hydrogen-bond donors (Lipinski definition) is 1. The molecule has 0 spiro atoms. The lowest BCUT2D eigenvalue weighted by Gasteiger charge is -2.45. The molecule has 4 nitrogen and oxygen atoms in total. The quantitative estimate of drug-likeness (QED) is 0.277. The molecular formula is C26H46O4S2Si. The maximum Gasteiger partial charge on any atom is 0.309 e. The number of aliphatic carboxylic acids is 1. The first kappa shape index (κ1) is 29.1. The Morgan fingerprint density at radius 3 is 2.00 bits per heavy atom. The molecule has 0 radical (unpaired) electrons. The predicted octanol–water partition coefficient (Wildman–Crippen LogP) is 7.04. The molecule has 0 aromatic heterocycles. The van der Waals surface area contributed by atoms with Crippen molar-refractivity contribution in [3.05, 3.63) is 0 Å². The van der Waals surface area contributed by atoms with Crippen molar-refractivity contribution in [1.29, 1.82) is 0 Å². The highest BCUT2D eigenvalue weighted by molar-refractivity contribution is 8.21. The lowest BCUT2D eigenvalue weighted by Crippen LogP contribution is -2.54. The van der Waals surface area contributed by atoms with Gasteiger partial charge < -0.3 is 14.6 Å². The Morgan fingerprint density at radius 1 is 1.03 bits per heavy atom. The number of ether oxygens (including phenoxy) is 2. The second-order valence-corrected chi connectivity index (χ2v) is 20.4. The van der Waals surface area contributed by atoms with Crippen LogP contribution in [0.4, 0.5) is 0 Å². The first-order valence-electron chi connectivity index (χ1n) is 12.5.